The van der Waals surface area contributed by atoms with Gasteiger partial charge in [0.1, 0.15) is 11.3 Å². The Morgan fingerprint density at radius 1 is 1.65 bits per heavy atom. The molecule has 1 aliphatic carbocycles. The van der Waals surface area contributed by atoms with Crippen LogP contribution in [0.2, 0.25) is 0 Å². The first-order valence-corrected chi connectivity index (χ1v) is 7.26. The summed E-state index contributed by atoms with van der Waals surface area (Å²) < 4.78 is 0. The molecule has 1 saturated carbocycles. The number of carbonyl (C=O) groups is 1. The van der Waals surface area contributed by atoms with E-state index in [2.05, 4.69) is 16.7 Å². The fraction of sp³-hybridized carbons (Fsp3) is 0.462. The average Bonchev–Trinajstić information content (AvgIpc) is 3.00. The summed E-state index contributed by atoms with van der Waals surface area (Å²) in [7, 11) is 0. The summed E-state index contributed by atoms with van der Waals surface area (Å²) in [6.07, 6.45) is 6.25. The number of nitrogen functional groups attached to an aromatic ring is 1. The van der Waals surface area contributed by atoms with E-state index in [4.69, 9.17) is 10.6 Å². The molecule has 1 heterocycles. The molecule has 0 bridgehead atoms. The Bertz CT molecular complexity index is 533. The maximum absolute atomic E-state index is 11.3. The van der Waals surface area contributed by atoms with Crippen molar-refractivity contribution in [1.29, 1.82) is 0 Å². The standard InChI is InChI=1S/C13H17N3O3S/c1-2-5-13(6-3-4-7-13)19-16-10(11(17)18)9-8-20-12(14)15-9/h2,8H,1,3-7H2,(H2,14,15)(H,17,18). The molecule has 1 aromatic rings. The Balaban J connectivity index is 2.21. The van der Waals surface area contributed by atoms with Crippen LogP contribution in [-0.2, 0) is 9.63 Å². The highest BCUT2D eigenvalue weighted by Crippen LogP contribution is 2.36. The normalized spacial score (nSPS) is 17.9. The van der Waals surface area contributed by atoms with Crippen molar-refractivity contribution < 1.29 is 14.7 Å². The lowest BCUT2D eigenvalue weighted by atomic mass is 9.98. The van der Waals surface area contributed by atoms with Gasteiger partial charge in [0, 0.05) is 11.8 Å². The number of anilines is 1. The molecule has 0 unspecified atom stereocenters. The number of aliphatic carboxylic acids is 1. The van der Waals surface area contributed by atoms with Crippen molar-refractivity contribution in [2.24, 2.45) is 5.16 Å². The molecule has 0 aromatic carbocycles. The van der Waals surface area contributed by atoms with Gasteiger partial charge in [-0.15, -0.1) is 17.9 Å². The van der Waals surface area contributed by atoms with Gasteiger partial charge in [-0.05, 0) is 25.7 Å². The van der Waals surface area contributed by atoms with Gasteiger partial charge in [-0.25, -0.2) is 9.78 Å². The molecule has 0 spiro atoms. The number of carboxylic acids is 1. The van der Waals surface area contributed by atoms with Crippen LogP contribution in [0.5, 0.6) is 0 Å². The topological polar surface area (TPSA) is 97.8 Å². The molecule has 7 heteroatoms. The first-order valence-electron chi connectivity index (χ1n) is 6.38. The first kappa shape index (κ1) is 14.5. The molecule has 1 fully saturated rings. The highest BCUT2D eigenvalue weighted by molar-refractivity contribution is 7.13. The van der Waals surface area contributed by atoms with Crippen molar-refractivity contribution >= 4 is 28.1 Å². The lowest BCUT2D eigenvalue weighted by molar-refractivity contribution is -0.129. The van der Waals surface area contributed by atoms with Crippen LogP contribution in [-0.4, -0.2) is 27.4 Å². The number of oxime groups is 1. The predicted octanol–water partition coefficient (Wildman–Crippen LogP) is 2.42. The Kier molecular flexibility index (Phi) is 4.39. The van der Waals surface area contributed by atoms with E-state index in [0.29, 0.717) is 11.6 Å². The van der Waals surface area contributed by atoms with E-state index in [1.165, 1.54) is 11.3 Å². The molecule has 0 radical (unpaired) electrons. The molecule has 6 nitrogen and oxygen atoms in total. The fourth-order valence-corrected chi connectivity index (χ4v) is 2.90. The second-order valence-electron chi connectivity index (χ2n) is 4.79. The van der Waals surface area contributed by atoms with Crippen LogP contribution < -0.4 is 5.73 Å². The van der Waals surface area contributed by atoms with Gasteiger partial charge in [0.25, 0.3) is 0 Å². The third-order valence-corrected chi connectivity index (χ3v) is 4.00. The zero-order valence-electron chi connectivity index (χ0n) is 11.0. The van der Waals surface area contributed by atoms with Crippen LogP contribution in [0.15, 0.2) is 23.2 Å². The number of hydrogen-bond donors (Lipinski definition) is 2. The van der Waals surface area contributed by atoms with Crippen LogP contribution in [0, 0.1) is 0 Å². The second-order valence-corrected chi connectivity index (χ2v) is 5.68. The van der Waals surface area contributed by atoms with Gasteiger partial charge < -0.3 is 15.7 Å². The van der Waals surface area contributed by atoms with Crippen LogP contribution in [0.3, 0.4) is 0 Å². The zero-order valence-corrected chi connectivity index (χ0v) is 11.9. The summed E-state index contributed by atoms with van der Waals surface area (Å²) in [5, 5.41) is 14.9. The van der Waals surface area contributed by atoms with Gasteiger partial charge in [-0.3, -0.25) is 0 Å². The highest BCUT2D eigenvalue weighted by Gasteiger charge is 2.35. The summed E-state index contributed by atoms with van der Waals surface area (Å²) in [5.41, 5.74) is 5.10. The van der Waals surface area contributed by atoms with Crippen molar-refractivity contribution in [3.8, 4) is 0 Å². The van der Waals surface area contributed by atoms with Crippen molar-refractivity contribution in [2.45, 2.75) is 37.7 Å². The summed E-state index contributed by atoms with van der Waals surface area (Å²) in [5.74, 6) is -1.18. The number of thiazole rings is 1. The third-order valence-electron chi connectivity index (χ3n) is 3.33. The van der Waals surface area contributed by atoms with Crippen LogP contribution in [0.4, 0.5) is 5.13 Å². The molecule has 2 rings (SSSR count). The van der Waals surface area contributed by atoms with Crippen LogP contribution >= 0.6 is 11.3 Å². The molecular formula is C13H17N3O3S. The van der Waals surface area contributed by atoms with E-state index in [9.17, 15) is 9.90 Å². The lowest BCUT2D eigenvalue weighted by Gasteiger charge is -2.24. The van der Waals surface area contributed by atoms with E-state index >= 15 is 0 Å². The minimum absolute atomic E-state index is 0.215. The summed E-state index contributed by atoms with van der Waals surface area (Å²) in [6, 6.07) is 0. The highest BCUT2D eigenvalue weighted by atomic mass is 32.1. The number of nitrogens with two attached hydrogens (primary N) is 1. The van der Waals surface area contributed by atoms with Gasteiger partial charge in [0.2, 0.25) is 5.71 Å². The van der Waals surface area contributed by atoms with Gasteiger partial charge in [-0.2, -0.15) is 0 Å². The molecule has 0 atom stereocenters. The summed E-state index contributed by atoms with van der Waals surface area (Å²) in [6.45, 7) is 3.72. The van der Waals surface area contributed by atoms with Crippen molar-refractivity contribution in [3.63, 3.8) is 0 Å². The maximum Gasteiger partial charge on any atom is 0.360 e. The molecule has 0 amide bonds. The molecule has 1 aromatic heterocycles. The Hall–Kier alpha value is -1.89. The quantitative estimate of drug-likeness (QED) is 0.477. The minimum atomic E-state index is -1.18. The van der Waals surface area contributed by atoms with Crippen LogP contribution in [0.25, 0.3) is 0 Å². The minimum Gasteiger partial charge on any atom is -0.476 e. The number of nitrogens with zero attached hydrogens (tertiary/aromatic N) is 2. The van der Waals surface area contributed by atoms with E-state index in [1.807, 2.05) is 0 Å². The van der Waals surface area contributed by atoms with Gasteiger partial charge in [-0.1, -0.05) is 11.2 Å². The lowest BCUT2D eigenvalue weighted by Crippen LogP contribution is -2.27. The van der Waals surface area contributed by atoms with Crippen molar-refractivity contribution in [2.75, 3.05) is 5.73 Å². The van der Waals surface area contributed by atoms with Crippen molar-refractivity contribution in [1.82, 2.24) is 4.98 Å². The summed E-state index contributed by atoms with van der Waals surface area (Å²) >= 11 is 1.17. The molecule has 0 aliphatic heterocycles. The van der Waals surface area contributed by atoms with Gasteiger partial charge >= 0.3 is 5.97 Å². The van der Waals surface area contributed by atoms with Crippen molar-refractivity contribution in [3.05, 3.63) is 23.7 Å². The molecule has 1 aliphatic rings. The average molecular weight is 295 g/mol. The number of carboxylic acid groups (broad SMARTS) is 1. The Morgan fingerprint density at radius 3 is 2.85 bits per heavy atom. The monoisotopic (exact) mass is 295 g/mol. The Labute approximate surface area is 121 Å². The zero-order chi connectivity index (χ0) is 14.6. The fourth-order valence-electron chi connectivity index (χ4n) is 2.35. The number of hydrogen-bond acceptors (Lipinski definition) is 6. The number of aromatic nitrogens is 1. The molecular weight excluding hydrogens is 278 g/mol. The number of rotatable bonds is 6. The van der Waals surface area contributed by atoms with Gasteiger partial charge in [0.15, 0.2) is 5.13 Å². The SMILES string of the molecule is C=CCC1(ON=C(C(=O)O)c2csc(N)n2)CCCC1. The smallest absolute Gasteiger partial charge is 0.360 e. The van der Waals surface area contributed by atoms with E-state index in [1.54, 1.807) is 11.5 Å². The van der Waals surface area contributed by atoms with E-state index in [0.717, 1.165) is 25.7 Å². The van der Waals surface area contributed by atoms with Crippen LogP contribution in [0.1, 0.15) is 37.8 Å². The maximum atomic E-state index is 11.3. The molecule has 20 heavy (non-hydrogen) atoms. The third kappa shape index (κ3) is 3.16. The largest absolute Gasteiger partial charge is 0.476 e. The summed E-state index contributed by atoms with van der Waals surface area (Å²) in [4.78, 5) is 20.8. The van der Waals surface area contributed by atoms with E-state index in [-0.39, 0.29) is 11.4 Å². The predicted molar refractivity (Wildman–Crippen MR) is 77.8 cm³/mol. The molecule has 108 valence electrons. The first-order chi connectivity index (χ1) is 9.56. The molecule has 3 N–H and O–H groups in total. The second kappa shape index (κ2) is 6.04. The molecule has 0 saturated heterocycles. The van der Waals surface area contributed by atoms with E-state index < -0.39 is 11.6 Å². The Morgan fingerprint density at radius 2 is 2.35 bits per heavy atom. The van der Waals surface area contributed by atoms with Gasteiger partial charge in [0.05, 0.1) is 0 Å².